The van der Waals surface area contributed by atoms with E-state index in [0.29, 0.717) is 18.7 Å². The summed E-state index contributed by atoms with van der Waals surface area (Å²) in [5, 5.41) is -0.582. The Morgan fingerprint density at radius 2 is 1.55 bits per heavy atom. The average Bonchev–Trinajstić information content (AvgIpc) is 2.47. The Hall–Kier alpha value is -1.18. The van der Waals surface area contributed by atoms with Gasteiger partial charge in [0.25, 0.3) is 0 Å². The Kier molecular flexibility index (Phi) is 5.95. The average molecular weight is 344 g/mol. The molecule has 0 aliphatic heterocycles. The zero-order valence-electron chi connectivity index (χ0n) is 11.6. The van der Waals surface area contributed by atoms with E-state index in [9.17, 15) is 31.1 Å². The van der Waals surface area contributed by atoms with Crippen molar-refractivity contribution < 1.29 is 31.1 Å². The van der Waals surface area contributed by atoms with Gasteiger partial charge in [-0.05, 0) is 0 Å². The van der Waals surface area contributed by atoms with Crippen LogP contribution in [-0.4, -0.2) is 28.6 Å². The number of carbonyl (C=O) groups is 1. The molecule has 1 aromatic rings. The summed E-state index contributed by atoms with van der Waals surface area (Å²) in [5.41, 5.74) is 0.224. The van der Waals surface area contributed by atoms with Crippen LogP contribution in [-0.2, 0) is 0 Å². The lowest BCUT2D eigenvalue weighted by Gasteiger charge is -2.32. The van der Waals surface area contributed by atoms with E-state index < -0.39 is 41.5 Å². The van der Waals surface area contributed by atoms with Crippen LogP contribution < -0.4 is 0 Å². The Morgan fingerprint density at radius 3 is 2.05 bits per heavy atom. The van der Waals surface area contributed by atoms with Gasteiger partial charge in [0.2, 0.25) is 5.12 Å². The predicted octanol–water partition coefficient (Wildman–Crippen LogP) is 5.27. The largest absolute Gasteiger partial charge is 0.371 e. The van der Waals surface area contributed by atoms with Gasteiger partial charge in [-0.25, -0.2) is 0 Å². The smallest absolute Gasteiger partial charge is 0.282 e. The van der Waals surface area contributed by atoms with Crippen molar-refractivity contribution in [1.82, 2.24) is 0 Å². The highest BCUT2D eigenvalue weighted by Gasteiger charge is 2.69. The summed E-state index contributed by atoms with van der Waals surface area (Å²) in [4.78, 5) is 11.6. The summed E-state index contributed by atoms with van der Waals surface area (Å²) < 4.78 is 79.2. The number of thioether (sulfide) groups is 1. The van der Waals surface area contributed by atoms with Crippen LogP contribution in [0.5, 0.6) is 0 Å². The minimum atomic E-state index is -5.45. The van der Waals surface area contributed by atoms with Gasteiger partial charge in [-0.3, -0.25) is 4.79 Å². The van der Waals surface area contributed by atoms with Crippen molar-refractivity contribution in [3.05, 3.63) is 35.9 Å². The van der Waals surface area contributed by atoms with Gasteiger partial charge in [-0.2, -0.15) is 26.3 Å². The van der Waals surface area contributed by atoms with Gasteiger partial charge in [0.15, 0.2) is 0 Å². The molecule has 0 N–H and O–H groups in total. The van der Waals surface area contributed by atoms with Gasteiger partial charge in [0, 0.05) is 24.2 Å². The topological polar surface area (TPSA) is 17.1 Å². The van der Waals surface area contributed by atoms with Crippen LogP contribution in [0.1, 0.15) is 30.1 Å². The van der Waals surface area contributed by atoms with Crippen molar-refractivity contribution in [3.63, 3.8) is 0 Å². The van der Waals surface area contributed by atoms with Crippen molar-refractivity contribution in [3.8, 4) is 0 Å². The maximum absolute atomic E-state index is 13.4. The molecule has 1 nitrogen and oxygen atoms in total. The third-order valence-electron chi connectivity index (χ3n) is 3.02. The fourth-order valence-corrected chi connectivity index (χ4v) is 2.42. The van der Waals surface area contributed by atoms with Gasteiger partial charge >= 0.3 is 17.8 Å². The number of halogens is 6. The molecule has 0 saturated heterocycles. The van der Waals surface area contributed by atoms with Gasteiger partial charge in [0.1, 0.15) is 0 Å². The molecule has 124 valence electrons. The van der Waals surface area contributed by atoms with Crippen molar-refractivity contribution in [2.45, 2.75) is 37.5 Å². The molecule has 0 unspecified atom stereocenters. The monoisotopic (exact) mass is 344 g/mol. The number of hydrogen-bond donors (Lipinski definition) is 0. The fraction of sp³-hybridized carbons (Fsp3) is 0.500. The number of hydrogen-bond acceptors (Lipinski definition) is 2. The molecule has 0 spiro atoms. The standard InChI is InChI=1S/C14H14F6OS/c1-2-12(15,16)14(19,20)13(17,18)8-9-22-11(21)10-6-4-3-5-7-10/h3-7H,2,8-9H2,1H3. The van der Waals surface area contributed by atoms with Crippen molar-refractivity contribution in [2.24, 2.45) is 0 Å². The van der Waals surface area contributed by atoms with Crippen LogP contribution in [0.3, 0.4) is 0 Å². The normalized spacial score (nSPS) is 13.2. The maximum Gasteiger partial charge on any atom is 0.371 e. The van der Waals surface area contributed by atoms with E-state index in [1.54, 1.807) is 18.2 Å². The molecule has 0 aromatic heterocycles. The molecule has 0 radical (unpaired) electrons. The Morgan fingerprint density at radius 1 is 1.00 bits per heavy atom. The molecule has 1 aromatic carbocycles. The lowest BCUT2D eigenvalue weighted by atomic mass is 10.0. The van der Waals surface area contributed by atoms with Crippen LogP contribution in [0, 0.1) is 0 Å². The van der Waals surface area contributed by atoms with Crippen LogP contribution in [0.25, 0.3) is 0 Å². The Bertz CT molecular complexity index is 503. The first-order valence-electron chi connectivity index (χ1n) is 6.41. The quantitative estimate of drug-likeness (QED) is 0.627. The Labute approximate surface area is 128 Å². The van der Waals surface area contributed by atoms with E-state index in [1.165, 1.54) is 12.1 Å². The maximum atomic E-state index is 13.4. The summed E-state index contributed by atoms with van der Waals surface area (Å²) in [6.45, 7) is 0.706. The van der Waals surface area contributed by atoms with Crippen molar-refractivity contribution >= 4 is 16.9 Å². The van der Waals surface area contributed by atoms with Crippen molar-refractivity contribution in [1.29, 1.82) is 0 Å². The molecular formula is C14H14F6OS. The molecule has 0 aliphatic carbocycles. The summed E-state index contributed by atoms with van der Waals surface area (Å²) in [5.74, 6) is -15.8. The Balaban J connectivity index is 2.65. The lowest BCUT2D eigenvalue weighted by molar-refractivity contribution is -0.309. The molecule has 0 atom stereocenters. The van der Waals surface area contributed by atoms with Gasteiger partial charge in [-0.15, -0.1) is 0 Å². The summed E-state index contributed by atoms with van der Waals surface area (Å²) in [7, 11) is 0. The highest BCUT2D eigenvalue weighted by Crippen LogP contribution is 2.49. The van der Waals surface area contributed by atoms with Crippen LogP contribution >= 0.6 is 11.8 Å². The third kappa shape index (κ3) is 3.97. The second-order valence-corrected chi connectivity index (χ2v) is 5.66. The number of rotatable bonds is 7. The highest BCUT2D eigenvalue weighted by molar-refractivity contribution is 8.14. The van der Waals surface area contributed by atoms with E-state index in [0.717, 1.165) is 0 Å². The molecule has 0 aliphatic rings. The molecule has 8 heteroatoms. The second-order valence-electron chi connectivity index (χ2n) is 4.59. The first-order chi connectivity index (χ1) is 10.0. The fourth-order valence-electron chi connectivity index (χ4n) is 1.58. The summed E-state index contributed by atoms with van der Waals surface area (Å²) >= 11 is 0.394. The van der Waals surface area contributed by atoms with Crippen molar-refractivity contribution in [2.75, 3.05) is 5.75 Å². The van der Waals surface area contributed by atoms with Gasteiger partial charge in [-0.1, -0.05) is 49.0 Å². The minimum Gasteiger partial charge on any atom is -0.282 e. The van der Waals surface area contributed by atoms with Crippen LogP contribution in [0.4, 0.5) is 26.3 Å². The number of alkyl halides is 6. The first kappa shape index (κ1) is 18.9. The van der Waals surface area contributed by atoms with Crippen LogP contribution in [0.2, 0.25) is 0 Å². The van der Waals surface area contributed by atoms with Gasteiger partial charge < -0.3 is 0 Å². The lowest BCUT2D eigenvalue weighted by Crippen LogP contribution is -2.54. The first-order valence-corrected chi connectivity index (χ1v) is 7.39. The molecule has 0 heterocycles. The third-order valence-corrected chi connectivity index (χ3v) is 3.93. The van der Waals surface area contributed by atoms with E-state index in [1.807, 2.05) is 0 Å². The minimum absolute atomic E-state index is 0.224. The van der Waals surface area contributed by atoms with Crippen LogP contribution in [0.15, 0.2) is 30.3 Å². The predicted molar refractivity (Wildman–Crippen MR) is 73.0 cm³/mol. The van der Waals surface area contributed by atoms with E-state index in [4.69, 9.17) is 0 Å². The summed E-state index contributed by atoms with van der Waals surface area (Å²) in [6.07, 6.45) is -2.91. The van der Waals surface area contributed by atoms with Gasteiger partial charge in [0.05, 0.1) is 0 Å². The molecule has 0 fully saturated rings. The zero-order valence-corrected chi connectivity index (χ0v) is 12.4. The van der Waals surface area contributed by atoms with E-state index >= 15 is 0 Å². The SMILES string of the molecule is CCC(F)(F)C(F)(F)C(F)(F)CCSC(=O)c1ccccc1. The molecule has 22 heavy (non-hydrogen) atoms. The molecule has 0 saturated carbocycles. The molecule has 0 bridgehead atoms. The zero-order chi connectivity index (χ0) is 17.0. The molecule has 1 rings (SSSR count). The van der Waals surface area contributed by atoms with E-state index in [-0.39, 0.29) is 5.56 Å². The highest BCUT2D eigenvalue weighted by atomic mass is 32.2. The summed E-state index contributed by atoms with van der Waals surface area (Å²) in [6, 6.07) is 7.63. The number of carbonyl (C=O) groups excluding carboxylic acids is 1. The van der Waals surface area contributed by atoms with E-state index in [2.05, 4.69) is 0 Å². The molecule has 0 amide bonds. The second kappa shape index (κ2) is 6.93. The number of benzene rings is 1. The molecular weight excluding hydrogens is 330 g/mol.